The van der Waals surface area contributed by atoms with Crippen LogP contribution in [0.15, 0.2) is 0 Å². The molecule has 2 aliphatic rings. The predicted octanol–water partition coefficient (Wildman–Crippen LogP) is 32.2. The number of rotatable bonds is 82. The van der Waals surface area contributed by atoms with E-state index in [1.54, 1.807) is 0 Å². The van der Waals surface area contributed by atoms with Crippen molar-refractivity contribution in [3.63, 3.8) is 0 Å². The summed E-state index contributed by atoms with van der Waals surface area (Å²) in [6.07, 6.45) is 81.3. The topological polar surface area (TPSA) is 124 Å². The number of carbonyl (C=O) groups is 4. The fraction of sp³-hybridized carbons (Fsp3) is 0.956. The molecule has 0 saturated heterocycles. The molecule has 632 valence electrons. The van der Waals surface area contributed by atoms with E-state index in [1.165, 1.54) is 357 Å². The van der Waals surface area contributed by atoms with Crippen LogP contribution >= 0.6 is 58.6 Å². The van der Waals surface area contributed by atoms with Crippen LogP contribution in [0.25, 0.3) is 0 Å². The predicted molar refractivity (Wildman–Crippen MR) is 475 cm³/mol. The lowest BCUT2D eigenvalue weighted by Gasteiger charge is -2.47. The van der Waals surface area contributed by atoms with Crippen molar-refractivity contribution in [1.29, 1.82) is 0 Å². The standard InChI is InChI=1S/C91H174O10P2S4/c1-7-11-15-19-31-43-55-75-96-87(92)63-51-39-27-23-35-47-59-79-104-102(105-80-60-48-36-24-28-40-52-64-88(93)97-76-56-44-32-20-16-12-8-2)100-85-71-67-83(68-72-85)91(5,6)84-69-73-86(74-70-84)101-103(106-81-61-49-37-25-29-41-53-65-89(94)98-77-57-45-33-21-17-13-9-3)107-82-62-50-38-26-30-42-54-66-90(95)99-78-58-46-34-22-18-14-10-4/h83-86H,7-82H2,1-6H3. The van der Waals surface area contributed by atoms with Crippen molar-refractivity contribution in [2.24, 2.45) is 17.3 Å². The molecule has 10 nitrogen and oxygen atoms in total. The number of hydrogen-bond acceptors (Lipinski definition) is 14. The average molecular weight is 1620 g/mol. The Morgan fingerprint density at radius 3 is 0.636 bits per heavy atom. The van der Waals surface area contributed by atoms with Gasteiger partial charge in [0.2, 0.25) is 0 Å². The molecule has 0 aromatic carbocycles. The first-order valence-electron chi connectivity index (χ1n) is 46.6. The minimum Gasteiger partial charge on any atom is -0.466 e. The van der Waals surface area contributed by atoms with Gasteiger partial charge in [-0.1, -0.05) is 370 Å². The van der Waals surface area contributed by atoms with Gasteiger partial charge in [0.05, 0.1) is 38.6 Å². The second kappa shape index (κ2) is 78.6. The van der Waals surface area contributed by atoms with Crippen LogP contribution in [-0.2, 0) is 47.2 Å². The molecule has 16 heteroatoms. The lowest BCUT2D eigenvalue weighted by atomic mass is 9.60. The molecule has 2 rings (SSSR count). The Morgan fingerprint density at radius 1 is 0.252 bits per heavy atom. The van der Waals surface area contributed by atoms with Gasteiger partial charge in [-0.05, 0) is 146 Å². The summed E-state index contributed by atoms with van der Waals surface area (Å²) < 4.78 is 36.5. The largest absolute Gasteiger partial charge is 0.466 e. The SMILES string of the molecule is CCCCCCCCCOC(=O)CCCCCCCCCSP(OC1CCC(C(C)(C)C2CCC(OP(SCCCCCCCCCC(=O)OCCCCCCCCC)SCCCCCCCCCC(=O)OCCCCCCCCC)CC2)CC1)SCCCCCCCCCC(=O)OCCCCCCCCC. The lowest BCUT2D eigenvalue weighted by Crippen LogP contribution is -2.38. The highest BCUT2D eigenvalue weighted by atomic mass is 33.1. The number of ether oxygens (including phenoxy) is 4. The van der Waals surface area contributed by atoms with E-state index >= 15 is 0 Å². The number of esters is 4. The first-order valence-corrected chi connectivity index (χ1v) is 55.5. The lowest BCUT2D eigenvalue weighted by molar-refractivity contribution is -0.144. The van der Waals surface area contributed by atoms with Crippen molar-refractivity contribution in [3.8, 4) is 0 Å². The molecule has 2 aliphatic carbocycles. The minimum atomic E-state index is -0.575. The van der Waals surface area contributed by atoms with E-state index in [-0.39, 0.29) is 23.9 Å². The Kier molecular flexibility index (Phi) is 75.7. The first-order chi connectivity index (χ1) is 52.5. The van der Waals surface area contributed by atoms with E-state index in [2.05, 4.69) is 87.1 Å². The number of carbonyl (C=O) groups excluding carboxylic acids is 4. The minimum absolute atomic E-state index is 0.00243. The van der Waals surface area contributed by atoms with Crippen molar-refractivity contribution in [3.05, 3.63) is 0 Å². The van der Waals surface area contributed by atoms with Crippen LogP contribution in [0.2, 0.25) is 0 Å². The zero-order valence-electron chi connectivity index (χ0n) is 71.2. The van der Waals surface area contributed by atoms with Crippen LogP contribution in [0.5, 0.6) is 0 Å². The summed E-state index contributed by atoms with van der Waals surface area (Å²) >= 11 is 8.54. The van der Waals surface area contributed by atoms with E-state index in [0.29, 0.717) is 69.7 Å². The first kappa shape index (κ1) is 103. The second-order valence-electron chi connectivity index (χ2n) is 33.0. The van der Waals surface area contributed by atoms with Crippen LogP contribution in [0.1, 0.15) is 478 Å². The molecule has 2 saturated carbocycles. The normalized spacial score (nSPS) is 16.3. The maximum atomic E-state index is 12.3. The Hall–Kier alpha value is 0.0600. The third-order valence-corrected chi connectivity index (χ3v) is 36.1. The fourth-order valence-corrected chi connectivity index (χ4v) is 28.7. The molecule has 0 unspecified atom stereocenters. The van der Waals surface area contributed by atoms with Crippen LogP contribution in [0, 0.1) is 17.3 Å². The van der Waals surface area contributed by atoms with Crippen LogP contribution in [-0.4, -0.2) is 85.5 Å². The van der Waals surface area contributed by atoms with Gasteiger partial charge in [-0.3, -0.25) is 19.2 Å². The molecular formula is C91H174O10P2S4. The fourth-order valence-electron chi connectivity index (χ4n) is 15.4. The van der Waals surface area contributed by atoms with E-state index in [0.717, 1.165) is 88.9 Å². The van der Waals surface area contributed by atoms with Crippen LogP contribution in [0.4, 0.5) is 0 Å². The van der Waals surface area contributed by atoms with Gasteiger partial charge in [0.1, 0.15) is 0 Å². The second-order valence-corrected chi connectivity index (χ2v) is 45.5. The van der Waals surface area contributed by atoms with Gasteiger partial charge in [-0.15, -0.1) is 0 Å². The summed E-state index contributed by atoms with van der Waals surface area (Å²) in [6, 6.07) is 0. The highest BCUT2D eigenvalue weighted by Gasteiger charge is 2.41. The summed E-state index contributed by atoms with van der Waals surface area (Å²) in [5.41, 5.74) is 0.326. The molecule has 107 heavy (non-hydrogen) atoms. The smallest absolute Gasteiger partial charge is 0.305 e. The van der Waals surface area contributed by atoms with Crippen molar-refractivity contribution in [2.45, 2.75) is 490 Å². The monoisotopic (exact) mass is 1620 g/mol. The summed E-state index contributed by atoms with van der Waals surface area (Å²) in [5, 5.41) is 0. The molecule has 0 heterocycles. The maximum Gasteiger partial charge on any atom is 0.305 e. The van der Waals surface area contributed by atoms with E-state index in [1.807, 2.05) is 0 Å². The van der Waals surface area contributed by atoms with E-state index < -0.39 is 13.1 Å². The van der Waals surface area contributed by atoms with Gasteiger partial charge in [0, 0.05) is 48.7 Å². The Morgan fingerprint density at radius 2 is 0.430 bits per heavy atom. The van der Waals surface area contributed by atoms with Crippen molar-refractivity contribution in [2.75, 3.05) is 49.4 Å². The van der Waals surface area contributed by atoms with E-state index in [9.17, 15) is 19.2 Å². The molecule has 0 spiro atoms. The number of hydrogen-bond donors (Lipinski definition) is 0. The molecule has 0 aliphatic heterocycles. The van der Waals surface area contributed by atoms with Gasteiger partial charge >= 0.3 is 23.9 Å². The van der Waals surface area contributed by atoms with Crippen molar-refractivity contribution < 1.29 is 47.2 Å². The molecule has 0 N–H and O–H groups in total. The average Bonchev–Trinajstić information content (AvgIpc) is 0.803. The highest BCUT2D eigenvalue weighted by Crippen LogP contribution is 2.65. The summed E-state index contributed by atoms with van der Waals surface area (Å²) in [6.45, 7) is 15.5. The summed E-state index contributed by atoms with van der Waals surface area (Å²) in [7, 11) is 0. The molecular weight excluding hydrogens is 1440 g/mol. The van der Waals surface area contributed by atoms with Gasteiger partial charge in [0.25, 0.3) is 0 Å². The Bertz CT molecular complexity index is 1710. The van der Waals surface area contributed by atoms with E-state index in [4.69, 9.17) is 28.0 Å². The summed E-state index contributed by atoms with van der Waals surface area (Å²) in [5.74, 6) is 6.26. The van der Waals surface area contributed by atoms with Crippen LogP contribution < -0.4 is 0 Å². The van der Waals surface area contributed by atoms with Crippen molar-refractivity contribution >= 4 is 82.5 Å². The van der Waals surface area contributed by atoms with Gasteiger partial charge in [-0.25, -0.2) is 0 Å². The van der Waals surface area contributed by atoms with Crippen molar-refractivity contribution in [1.82, 2.24) is 0 Å². The molecule has 2 fully saturated rings. The molecule has 0 radical (unpaired) electrons. The maximum absolute atomic E-state index is 12.3. The van der Waals surface area contributed by atoms with Gasteiger partial charge in [-0.2, -0.15) is 0 Å². The molecule has 0 aromatic heterocycles. The third kappa shape index (κ3) is 65.9. The zero-order valence-corrected chi connectivity index (χ0v) is 76.2. The van der Waals surface area contributed by atoms with Crippen LogP contribution in [0.3, 0.4) is 0 Å². The summed E-state index contributed by atoms with van der Waals surface area (Å²) in [4.78, 5) is 49.2. The highest BCUT2D eigenvalue weighted by molar-refractivity contribution is 8.87. The van der Waals surface area contributed by atoms with Gasteiger partial charge < -0.3 is 28.0 Å². The zero-order chi connectivity index (χ0) is 77.1. The third-order valence-electron chi connectivity index (χ3n) is 22.9. The number of unbranched alkanes of at least 4 members (excludes halogenated alkanes) is 48. The molecule has 0 atom stereocenters. The molecule has 0 aromatic rings. The quantitative estimate of drug-likeness (QED) is 0.0248. The Labute approximate surface area is 682 Å². The Balaban J connectivity index is 1.83. The molecule has 0 bridgehead atoms. The van der Waals surface area contributed by atoms with Gasteiger partial charge in [0.15, 0.2) is 13.1 Å². The molecule has 0 amide bonds.